The molecule has 1 heterocycles. The second kappa shape index (κ2) is 6.59. The molecular weight excluding hydrogens is 303 g/mol. The van der Waals surface area contributed by atoms with Crippen LogP contribution in [0.25, 0.3) is 0 Å². The minimum absolute atomic E-state index is 0.167. The topological polar surface area (TPSA) is 69.6 Å². The monoisotopic (exact) mass is 322 g/mol. The summed E-state index contributed by atoms with van der Waals surface area (Å²) >= 11 is 0. The van der Waals surface area contributed by atoms with Crippen molar-refractivity contribution in [3.63, 3.8) is 0 Å². The summed E-state index contributed by atoms with van der Waals surface area (Å²) in [6.07, 6.45) is 0. The minimum Gasteiger partial charge on any atom is -0.437 e. The summed E-state index contributed by atoms with van der Waals surface area (Å²) in [5, 5.41) is 12.7. The van der Waals surface area contributed by atoms with E-state index in [1.807, 2.05) is 31.2 Å². The molecule has 0 spiro atoms. The molecular formula is C18H19BN2O3. The lowest BCUT2D eigenvalue weighted by Crippen LogP contribution is -2.43. The summed E-state index contributed by atoms with van der Waals surface area (Å²) in [6.45, 7) is 3.77. The second-order valence-electron chi connectivity index (χ2n) is 6.07. The zero-order valence-corrected chi connectivity index (χ0v) is 13.7. The van der Waals surface area contributed by atoms with Gasteiger partial charge in [0.25, 0.3) is 11.8 Å². The van der Waals surface area contributed by atoms with E-state index in [1.165, 1.54) is 4.90 Å². The maximum atomic E-state index is 12.5. The lowest BCUT2D eigenvalue weighted by molar-refractivity contribution is 0.0641. The Labute approximate surface area is 141 Å². The summed E-state index contributed by atoms with van der Waals surface area (Å²) in [5.74, 6) is -0.583. The summed E-state index contributed by atoms with van der Waals surface area (Å²) in [7, 11) is -0.758. The normalized spacial score (nSPS) is 14.7. The van der Waals surface area contributed by atoms with Crippen LogP contribution in [0.15, 0.2) is 48.5 Å². The van der Waals surface area contributed by atoms with E-state index in [1.54, 1.807) is 31.1 Å². The molecule has 5 nitrogen and oxygen atoms in total. The van der Waals surface area contributed by atoms with E-state index >= 15 is 0 Å². The van der Waals surface area contributed by atoms with E-state index < -0.39 is 7.05 Å². The lowest BCUT2D eigenvalue weighted by atomic mass is 9.85. The molecule has 0 unspecified atom stereocenters. The first-order chi connectivity index (χ1) is 11.5. The molecule has 24 heavy (non-hydrogen) atoms. The Hall–Kier alpha value is -2.44. The highest BCUT2D eigenvalue weighted by atomic mass is 16.2. The van der Waals surface area contributed by atoms with Gasteiger partial charge in [0.15, 0.2) is 0 Å². The average molecular weight is 322 g/mol. The molecule has 0 aliphatic carbocycles. The van der Waals surface area contributed by atoms with Gasteiger partial charge in [-0.15, -0.1) is 0 Å². The van der Waals surface area contributed by atoms with Gasteiger partial charge in [0, 0.05) is 12.6 Å². The Morgan fingerprint density at radius 1 is 1.04 bits per heavy atom. The third-order valence-corrected chi connectivity index (χ3v) is 4.17. The highest BCUT2D eigenvalue weighted by Gasteiger charge is 2.36. The number of imide groups is 1. The number of aryl methyl sites for hydroxylation is 1. The van der Waals surface area contributed by atoms with E-state index in [9.17, 15) is 14.6 Å². The molecule has 2 aromatic rings. The van der Waals surface area contributed by atoms with Gasteiger partial charge in [0.05, 0.1) is 11.1 Å². The van der Waals surface area contributed by atoms with Crippen molar-refractivity contribution in [2.75, 3.05) is 6.54 Å². The molecule has 0 bridgehead atoms. The number of amides is 2. The van der Waals surface area contributed by atoms with E-state index in [0.717, 1.165) is 11.1 Å². The maximum absolute atomic E-state index is 12.5. The molecule has 6 heteroatoms. The summed E-state index contributed by atoms with van der Waals surface area (Å²) in [6, 6.07) is 14.3. The Morgan fingerprint density at radius 3 is 2.08 bits per heavy atom. The number of hydrogen-bond acceptors (Lipinski definition) is 4. The van der Waals surface area contributed by atoms with Crippen molar-refractivity contribution in [3.05, 3.63) is 70.8 Å². The standard InChI is InChI=1S/C18H19BN2O3/c1-12-7-9-13(10-8-12)16(20-19(2)24)11-21-17(22)14-5-3-4-6-15(14)18(21)23/h3-10,16,20,24H,11H2,1-2H3/t16-/m0/s1. The molecule has 2 aromatic carbocycles. The van der Waals surface area contributed by atoms with E-state index in [2.05, 4.69) is 5.23 Å². The van der Waals surface area contributed by atoms with Crippen LogP contribution < -0.4 is 5.23 Å². The van der Waals surface area contributed by atoms with E-state index in [4.69, 9.17) is 0 Å². The number of carbonyl (C=O) groups is 2. The van der Waals surface area contributed by atoms with Gasteiger partial charge in [-0.2, -0.15) is 0 Å². The van der Waals surface area contributed by atoms with Gasteiger partial charge in [-0.25, -0.2) is 0 Å². The molecule has 0 radical (unpaired) electrons. The van der Waals surface area contributed by atoms with Crippen molar-refractivity contribution >= 4 is 18.9 Å². The fraction of sp³-hybridized carbons (Fsp3) is 0.222. The van der Waals surface area contributed by atoms with Crippen LogP contribution >= 0.6 is 0 Å². The zero-order chi connectivity index (χ0) is 17.3. The smallest absolute Gasteiger partial charge is 0.374 e. The summed E-state index contributed by atoms with van der Waals surface area (Å²) in [5.41, 5.74) is 2.90. The van der Waals surface area contributed by atoms with E-state index in [-0.39, 0.29) is 24.4 Å². The molecule has 0 saturated carbocycles. The van der Waals surface area contributed by atoms with Gasteiger partial charge in [0.2, 0.25) is 0 Å². The van der Waals surface area contributed by atoms with Crippen LogP contribution in [0.4, 0.5) is 0 Å². The predicted octanol–water partition coefficient (Wildman–Crippen LogP) is 2.03. The molecule has 2 amide bonds. The van der Waals surface area contributed by atoms with Gasteiger partial charge in [0.1, 0.15) is 0 Å². The Bertz CT molecular complexity index is 739. The van der Waals surface area contributed by atoms with Gasteiger partial charge in [-0.1, -0.05) is 42.0 Å². The average Bonchev–Trinajstić information content (AvgIpc) is 2.80. The van der Waals surface area contributed by atoms with Crippen LogP contribution in [0.3, 0.4) is 0 Å². The number of nitrogens with one attached hydrogen (secondary N) is 1. The highest BCUT2D eigenvalue weighted by molar-refractivity contribution is 6.45. The minimum atomic E-state index is -0.758. The molecule has 3 rings (SSSR count). The molecule has 0 fully saturated rings. The van der Waals surface area contributed by atoms with Gasteiger partial charge >= 0.3 is 7.05 Å². The Balaban J connectivity index is 1.87. The van der Waals surface area contributed by atoms with Crippen molar-refractivity contribution in [2.24, 2.45) is 0 Å². The van der Waals surface area contributed by atoms with Crippen LogP contribution in [0.1, 0.15) is 37.9 Å². The van der Waals surface area contributed by atoms with Crippen LogP contribution in [0.2, 0.25) is 6.82 Å². The number of rotatable bonds is 5. The largest absolute Gasteiger partial charge is 0.437 e. The Morgan fingerprint density at radius 2 is 1.58 bits per heavy atom. The molecule has 1 aliphatic heterocycles. The van der Waals surface area contributed by atoms with Crippen LogP contribution in [0, 0.1) is 6.92 Å². The summed E-state index contributed by atoms with van der Waals surface area (Å²) in [4.78, 5) is 26.3. The van der Waals surface area contributed by atoms with E-state index in [0.29, 0.717) is 11.1 Å². The van der Waals surface area contributed by atoms with Crippen molar-refractivity contribution < 1.29 is 14.6 Å². The summed E-state index contributed by atoms with van der Waals surface area (Å²) < 4.78 is 0. The number of benzene rings is 2. The molecule has 2 N–H and O–H groups in total. The second-order valence-corrected chi connectivity index (χ2v) is 6.07. The number of carbonyl (C=O) groups excluding carboxylic acids is 2. The molecule has 0 aromatic heterocycles. The molecule has 0 saturated heterocycles. The van der Waals surface area contributed by atoms with Gasteiger partial charge in [-0.3, -0.25) is 14.5 Å². The lowest BCUT2D eigenvalue weighted by Gasteiger charge is -2.25. The first-order valence-electron chi connectivity index (χ1n) is 7.93. The first-order valence-corrected chi connectivity index (χ1v) is 7.93. The van der Waals surface area contributed by atoms with Crippen LogP contribution in [-0.2, 0) is 0 Å². The van der Waals surface area contributed by atoms with Crippen molar-refractivity contribution in [1.82, 2.24) is 10.1 Å². The third-order valence-electron chi connectivity index (χ3n) is 4.17. The highest BCUT2D eigenvalue weighted by Crippen LogP contribution is 2.25. The zero-order valence-electron chi connectivity index (χ0n) is 13.7. The number of hydrogen-bond donors (Lipinski definition) is 2. The molecule has 1 atom stereocenters. The third kappa shape index (κ3) is 3.11. The van der Waals surface area contributed by atoms with Crippen LogP contribution in [0.5, 0.6) is 0 Å². The predicted molar refractivity (Wildman–Crippen MR) is 92.7 cm³/mol. The molecule has 122 valence electrons. The van der Waals surface area contributed by atoms with Crippen molar-refractivity contribution in [1.29, 1.82) is 0 Å². The van der Waals surface area contributed by atoms with Crippen molar-refractivity contribution in [3.8, 4) is 0 Å². The molecule has 1 aliphatic rings. The van der Waals surface area contributed by atoms with Crippen LogP contribution in [-0.4, -0.2) is 35.3 Å². The van der Waals surface area contributed by atoms with Gasteiger partial charge in [-0.05, 0) is 31.4 Å². The quantitative estimate of drug-likeness (QED) is 0.653. The van der Waals surface area contributed by atoms with Gasteiger partial charge < -0.3 is 10.3 Å². The Kier molecular flexibility index (Phi) is 4.51. The van der Waals surface area contributed by atoms with Crippen molar-refractivity contribution in [2.45, 2.75) is 19.8 Å². The fourth-order valence-electron chi connectivity index (χ4n) is 2.93. The first kappa shape index (κ1) is 16.4. The maximum Gasteiger partial charge on any atom is 0.374 e. The fourth-order valence-corrected chi connectivity index (χ4v) is 2.93. The SMILES string of the molecule is CB(O)N[C@@H](CN1C(=O)c2ccccc2C1=O)c1ccc(C)cc1. The number of fused-ring (bicyclic) bond motifs is 1. The number of nitrogens with zero attached hydrogens (tertiary/aromatic N) is 1.